The number of amides is 2. The molecule has 2 aromatic rings. The van der Waals surface area contributed by atoms with Crippen molar-refractivity contribution in [2.45, 2.75) is 43.0 Å². The van der Waals surface area contributed by atoms with Gasteiger partial charge in [-0.1, -0.05) is 43.5 Å². The molecule has 0 heterocycles. The second-order valence-electron chi connectivity index (χ2n) is 9.06. The van der Waals surface area contributed by atoms with Crippen LogP contribution in [0.4, 0.5) is 0 Å². The Morgan fingerprint density at radius 2 is 1.74 bits per heavy atom. The molecule has 1 saturated carbocycles. The van der Waals surface area contributed by atoms with Gasteiger partial charge in [0.15, 0.2) is 0 Å². The summed E-state index contributed by atoms with van der Waals surface area (Å²) in [7, 11) is 5.64. The summed E-state index contributed by atoms with van der Waals surface area (Å²) in [4.78, 5) is 28.3. The van der Waals surface area contributed by atoms with Gasteiger partial charge in [-0.25, -0.2) is 0 Å². The minimum absolute atomic E-state index is 0.0259. The molecule has 1 unspecified atom stereocenters. The Morgan fingerprint density at radius 3 is 2.41 bits per heavy atom. The summed E-state index contributed by atoms with van der Waals surface area (Å²) < 4.78 is 5.25. The SMILES string of the molecule is COc1ccc(C(CNC(=O)c2ccccc2SCC(=O)NCC2CCCCC2)N(C)C)cc1. The van der Waals surface area contributed by atoms with Crippen molar-refractivity contribution in [2.75, 3.05) is 40.0 Å². The number of likely N-dealkylation sites (N-methyl/N-ethyl adjacent to an activating group) is 1. The number of nitrogens with one attached hydrogen (secondary N) is 2. The largest absolute Gasteiger partial charge is 0.497 e. The van der Waals surface area contributed by atoms with Crippen LogP contribution in [0.5, 0.6) is 5.75 Å². The van der Waals surface area contributed by atoms with E-state index in [1.165, 1.54) is 43.9 Å². The monoisotopic (exact) mass is 483 g/mol. The molecule has 184 valence electrons. The number of benzene rings is 2. The molecule has 3 rings (SSSR count). The maximum Gasteiger partial charge on any atom is 0.252 e. The molecular weight excluding hydrogens is 446 g/mol. The number of nitrogens with zero attached hydrogens (tertiary/aromatic N) is 1. The fraction of sp³-hybridized carbons (Fsp3) is 0.481. The molecule has 1 fully saturated rings. The highest BCUT2D eigenvalue weighted by molar-refractivity contribution is 8.00. The van der Waals surface area contributed by atoms with Crippen molar-refractivity contribution in [1.29, 1.82) is 0 Å². The summed E-state index contributed by atoms with van der Waals surface area (Å²) >= 11 is 1.41. The number of hydrogen-bond acceptors (Lipinski definition) is 5. The highest BCUT2D eigenvalue weighted by Crippen LogP contribution is 2.25. The predicted octanol–water partition coefficient (Wildman–Crippen LogP) is 4.52. The number of carbonyl (C=O) groups is 2. The van der Waals surface area contributed by atoms with Crippen LogP contribution in [0, 0.1) is 5.92 Å². The number of thioether (sulfide) groups is 1. The van der Waals surface area contributed by atoms with E-state index in [9.17, 15) is 9.59 Å². The van der Waals surface area contributed by atoms with Gasteiger partial charge in [-0.15, -0.1) is 11.8 Å². The van der Waals surface area contributed by atoms with E-state index in [4.69, 9.17) is 4.74 Å². The molecule has 2 N–H and O–H groups in total. The lowest BCUT2D eigenvalue weighted by Crippen LogP contribution is -2.34. The van der Waals surface area contributed by atoms with Gasteiger partial charge in [0.1, 0.15) is 5.75 Å². The Bertz CT molecular complexity index is 927. The van der Waals surface area contributed by atoms with Crippen LogP contribution >= 0.6 is 11.8 Å². The zero-order valence-corrected chi connectivity index (χ0v) is 21.3. The molecular formula is C27H37N3O3S. The smallest absolute Gasteiger partial charge is 0.252 e. The number of ether oxygens (including phenoxy) is 1. The Balaban J connectivity index is 1.54. The molecule has 1 aliphatic rings. The highest BCUT2D eigenvalue weighted by atomic mass is 32.2. The molecule has 34 heavy (non-hydrogen) atoms. The van der Waals surface area contributed by atoms with Crippen molar-refractivity contribution in [2.24, 2.45) is 5.92 Å². The zero-order chi connectivity index (χ0) is 24.3. The van der Waals surface area contributed by atoms with Crippen molar-refractivity contribution in [3.05, 3.63) is 59.7 Å². The summed E-state index contributed by atoms with van der Waals surface area (Å²) in [6.07, 6.45) is 6.27. The van der Waals surface area contributed by atoms with Crippen LogP contribution in [0.15, 0.2) is 53.4 Å². The van der Waals surface area contributed by atoms with Gasteiger partial charge in [0, 0.05) is 18.0 Å². The maximum atomic E-state index is 13.0. The van der Waals surface area contributed by atoms with Crippen LogP contribution in [0.25, 0.3) is 0 Å². The first kappa shape index (κ1) is 26.1. The van der Waals surface area contributed by atoms with Crippen molar-refractivity contribution < 1.29 is 14.3 Å². The van der Waals surface area contributed by atoms with Gasteiger partial charge in [0.25, 0.3) is 5.91 Å². The maximum absolute atomic E-state index is 13.0. The van der Waals surface area contributed by atoms with Crippen LogP contribution in [0.2, 0.25) is 0 Å². The Morgan fingerprint density at radius 1 is 1.03 bits per heavy atom. The minimum atomic E-state index is -0.133. The fourth-order valence-electron chi connectivity index (χ4n) is 4.33. The molecule has 1 aliphatic carbocycles. The number of carbonyl (C=O) groups excluding carboxylic acids is 2. The molecule has 1 atom stereocenters. The van der Waals surface area contributed by atoms with E-state index >= 15 is 0 Å². The van der Waals surface area contributed by atoms with E-state index in [0.29, 0.717) is 23.8 Å². The summed E-state index contributed by atoms with van der Waals surface area (Å²) in [6.45, 7) is 1.23. The molecule has 0 bridgehead atoms. The van der Waals surface area contributed by atoms with E-state index in [0.717, 1.165) is 22.8 Å². The number of methoxy groups -OCH3 is 1. The quantitative estimate of drug-likeness (QED) is 0.460. The standard InChI is InChI=1S/C27H37N3O3S/c1-30(2)24(21-13-15-22(33-3)16-14-21)18-29-27(32)23-11-7-8-12-25(23)34-19-26(31)28-17-20-9-5-4-6-10-20/h7-8,11-16,20,24H,4-6,9-10,17-19H2,1-3H3,(H,28,31)(H,29,32). The number of hydrogen-bond donors (Lipinski definition) is 2. The lowest BCUT2D eigenvalue weighted by atomic mass is 9.89. The van der Waals surface area contributed by atoms with E-state index < -0.39 is 0 Å². The zero-order valence-electron chi connectivity index (χ0n) is 20.5. The summed E-state index contributed by atoms with van der Waals surface area (Å²) in [6, 6.07) is 15.4. The molecule has 7 heteroatoms. The molecule has 6 nitrogen and oxygen atoms in total. The lowest BCUT2D eigenvalue weighted by molar-refractivity contribution is -0.118. The highest BCUT2D eigenvalue weighted by Gasteiger charge is 2.19. The van der Waals surface area contributed by atoms with Crippen molar-refractivity contribution in [3.8, 4) is 5.75 Å². The molecule has 0 saturated heterocycles. The second-order valence-corrected chi connectivity index (χ2v) is 10.1. The third-order valence-electron chi connectivity index (χ3n) is 6.38. The van der Waals surface area contributed by atoms with Gasteiger partial charge in [-0.05, 0) is 62.7 Å². The van der Waals surface area contributed by atoms with Crippen molar-refractivity contribution in [1.82, 2.24) is 15.5 Å². The van der Waals surface area contributed by atoms with Crippen LogP contribution in [0.1, 0.15) is 54.1 Å². The van der Waals surface area contributed by atoms with E-state index in [1.54, 1.807) is 7.11 Å². The van der Waals surface area contributed by atoms with E-state index in [1.807, 2.05) is 62.6 Å². The van der Waals surface area contributed by atoms with Gasteiger partial charge < -0.3 is 20.3 Å². The lowest BCUT2D eigenvalue weighted by Gasteiger charge is -2.25. The average molecular weight is 484 g/mol. The van der Waals surface area contributed by atoms with Crippen LogP contribution in [0.3, 0.4) is 0 Å². The van der Waals surface area contributed by atoms with Crippen molar-refractivity contribution >= 4 is 23.6 Å². The Labute approximate surface area is 207 Å². The molecule has 0 aromatic heterocycles. The Hall–Kier alpha value is -2.51. The fourth-order valence-corrected chi connectivity index (χ4v) is 5.21. The van der Waals surface area contributed by atoms with Gasteiger partial charge in [0.05, 0.1) is 24.5 Å². The second kappa shape index (κ2) is 13.4. The van der Waals surface area contributed by atoms with Crippen LogP contribution < -0.4 is 15.4 Å². The first-order valence-electron chi connectivity index (χ1n) is 12.0. The van der Waals surface area contributed by atoms with Gasteiger partial charge >= 0.3 is 0 Å². The summed E-state index contributed by atoms with van der Waals surface area (Å²) in [5.41, 5.74) is 1.70. The minimum Gasteiger partial charge on any atom is -0.497 e. The summed E-state index contributed by atoms with van der Waals surface area (Å²) in [5, 5.41) is 6.15. The van der Waals surface area contributed by atoms with Crippen LogP contribution in [-0.4, -0.2) is 56.8 Å². The van der Waals surface area contributed by atoms with Gasteiger partial charge in [-0.3, -0.25) is 9.59 Å². The summed E-state index contributed by atoms with van der Waals surface area (Å²) in [5.74, 6) is 1.61. The number of rotatable bonds is 11. The normalized spacial score (nSPS) is 15.1. The Kier molecular flexibility index (Phi) is 10.3. The van der Waals surface area contributed by atoms with Gasteiger partial charge in [0.2, 0.25) is 5.91 Å². The molecule has 0 aliphatic heterocycles. The average Bonchev–Trinajstić information content (AvgIpc) is 2.87. The molecule has 0 radical (unpaired) electrons. The van der Waals surface area contributed by atoms with Gasteiger partial charge in [-0.2, -0.15) is 0 Å². The third kappa shape index (κ3) is 7.77. The first-order chi connectivity index (χ1) is 16.5. The van der Waals surface area contributed by atoms with Crippen LogP contribution in [-0.2, 0) is 4.79 Å². The molecule has 0 spiro atoms. The van der Waals surface area contributed by atoms with E-state index in [2.05, 4.69) is 15.5 Å². The first-order valence-corrected chi connectivity index (χ1v) is 13.0. The molecule has 2 aromatic carbocycles. The predicted molar refractivity (Wildman–Crippen MR) is 139 cm³/mol. The third-order valence-corrected chi connectivity index (χ3v) is 7.46. The van der Waals surface area contributed by atoms with E-state index in [-0.39, 0.29) is 17.9 Å². The molecule has 2 amide bonds. The van der Waals surface area contributed by atoms with Crippen molar-refractivity contribution in [3.63, 3.8) is 0 Å². The topological polar surface area (TPSA) is 70.7 Å².